The molecule has 1 atom stereocenters. The molecule has 1 aliphatic heterocycles. The predicted molar refractivity (Wildman–Crippen MR) is 84.5 cm³/mol. The standard InChI is InChI=1S/C16H23ClN2O2/c1-12(2)21-14-7-5-9-19(11-14)16(20)18-10-13-6-3-4-8-15(13)17/h3-4,6,8,12,14H,5,7,9-11H2,1-2H3,(H,18,20). The smallest absolute Gasteiger partial charge is 0.317 e. The summed E-state index contributed by atoms with van der Waals surface area (Å²) in [6.45, 7) is 5.94. The van der Waals surface area contributed by atoms with E-state index in [0.29, 0.717) is 18.1 Å². The van der Waals surface area contributed by atoms with Crippen LogP contribution in [0.15, 0.2) is 24.3 Å². The van der Waals surface area contributed by atoms with E-state index in [2.05, 4.69) is 5.32 Å². The van der Waals surface area contributed by atoms with E-state index in [0.717, 1.165) is 24.9 Å². The first-order valence-electron chi connectivity index (χ1n) is 7.48. The van der Waals surface area contributed by atoms with Gasteiger partial charge in [-0.15, -0.1) is 0 Å². The summed E-state index contributed by atoms with van der Waals surface area (Å²) in [7, 11) is 0. The maximum Gasteiger partial charge on any atom is 0.317 e. The third-order valence-corrected chi connectivity index (χ3v) is 3.89. The van der Waals surface area contributed by atoms with Crippen LogP contribution in [0.25, 0.3) is 0 Å². The van der Waals surface area contributed by atoms with Gasteiger partial charge in [0, 0.05) is 24.7 Å². The molecule has 2 amide bonds. The lowest BCUT2D eigenvalue weighted by Gasteiger charge is -2.33. The van der Waals surface area contributed by atoms with Gasteiger partial charge in [-0.3, -0.25) is 0 Å². The Hall–Kier alpha value is -1.26. The number of carbonyl (C=O) groups is 1. The van der Waals surface area contributed by atoms with E-state index in [1.165, 1.54) is 0 Å². The van der Waals surface area contributed by atoms with E-state index in [9.17, 15) is 4.79 Å². The highest BCUT2D eigenvalue weighted by Gasteiger charge is 2.24. The lowest BCUT2D eigenvalue weighted by atomic mass is 10.1. The summed E-state index contributed by atoms with van der Waals surface area (Å²) >= 11 is 6.09. The summed E-state index contributed by atoms with van der Waals surface area (Å²) in [5.41, 5.74) is 0.930. The van der Waals surface area contributed by atoms with Crippen molar-refractivity contribution in [2.75, 3.05) is 13.1 Å². The molecule has 0 saturated carbocycles. The zero-order valence-electron chi connectivity index (χ0n) is 12.6. The van der Waals surface area contributed by atoms with Crippen LogP contribution in [0, 0.1) is 0 Å². The lowest BCUT2D eigenvalue weighted by Crippen LogP contribution is -2.48. The van der Waals surface area contributed by atoms with Gasteiger partial charge in [0.05, 0.1) is 12.2 Å². The number of carbonyl (C=O) groups excluding carboxylic acids is 1. The summed E-state index contributed by atoms with van der Waals surface area (Å²) in [5.74, 6) is 0. The highest BCUT2D eigenvalue weighted by molar-refractivity contribution is 6.31. The van der Waals surface area contributed by atoms with Crippen molar-refractivity contribution in [3.05, 3.63) is 34.9 Å². The molecule has 1 aromatic carbocycles. The van der Waals surface area contributed by atoms with Crippen molar-refractivity contribution in [3.8, 4) is 0 Å². The Labute approximate surface area is 131 Å². The number of hydrogen-bond donors (Lipinski definition) is 1. The minimum atomic E-state index is -0.0491. The van der Waals surface area contributed by atoms with Gasteiger partial charge in [-0.2, -0.15) is 0 Å². The molecule has 1 heterocycles. The number of hydrogen-bond acceptors (Lipinski definition) is 2. The van der Waals surface area contributed by atoms with Gasteiger partial charge in [0.25, 0.3) is 0 Å². The number of urea groups is 1. The third-order valence-electron chi connectivity index (χ3n) is 3.52. The first-order chi connectivity index (χ1) is 10.1. The van der Waals surface area contributed by atoms with Crippen molar-refractivity contribution in [2.24, 2.45) is 0 Å². The average Bonchev–Trinajstić information content (AvgIpc) is 2.45. The topological polar surface area (TPSA) is 41.6 Å². The molecule has 21 heavy (non-hydrogen) atoms. The number of nitrogens with one attached hydrogen (secondary N) is 1. The molecule has 1 fully saturated rings. The molecule has 5 heteroatoms. The van der Waals surface area contributed by atoms with E-state index in [-0.39, 0.29) is 18.2 Å². The van der Waals surface area contributed by atoms with Gasteiger partial charge in [0.15, 0.2) is 0 Å². The highest BCUT2D eigenvalue weighted by Crippen LogP contribution is 2.16. The summed E-state index contributed by atoms with van der Waals surface area (Å²) in [6.07, 6.45) is 2.34. The fourth-order valence-electron chi connectivity index (χ4n) is 2.54. The van der Waals surface area contributed by atoms with Crippen molar-refractivity contribution in [2.45, 2.75) is 45.4 Å². The van der Waals surface area contributed by atoms with Gasteiger partial charge < -0.3 is 15.0 Å². The minimum absolute atomic E-state index is 0.0491. The fourth-order valence-corrected chi connectivity index (χ4v) is 2.75. The number of halogens is 1. The first kappa shape index (κ1) is 16.1. The van der Waals surface area contributed by atoms with Crippen molar-refractivity contribution in [1.82, 2.24) is 10.2 Å². The summed E-state index contributed by atoms with van der Waals surface area (Å²) in [4.78, 5) is 14.1. The molecule has 4 nitrogen and oxygen atoms in total. The molecule has 0 aliphatic carbocycles. The molecule has 116 valence electrons. The number of likely N-dealkylation sites (tertiary alicyclic amines) is 1. The second-order valence-corrected chi connectivity index (χ2v) is 6.05. The lowest BCUT2D eigenvalue weighted by molar-refractivity contribution is -0.0249. The highest BCUT2D eigenvalue weighted by atomic mass is 35.5. The van der Waals surface area contributed by atoms with E-state index >= 15 is 0 Å². The van der Waals surface area contributed by atoms with Crippen LogP contribution in [0.5, 0.6) is 0 Å². The molecule has 0 aromatic heterocycles. The van der Waals surface area contributed by atoms with E-state index < -0.39 is 0 Å². The number of nitrogens with zero attached hydrogens (tertiary/aromatic N) is 1. The molecule has 0 radical (unpaired) electrons. The summed E-state index contributed by atoms with van der Waals surface area (Å²) in [5, 5.41) is 3.61. The second-order valence-electron chi connectivity index (χ2n) is 5.65. The Bertz CT molecular complexity index is 479. The van der Waals surface area contributed by atoms with Crippen molar-refractivity contribution in [1.29, 1.82) is 0 Å². The Morgan fingerprint density at radius 2 is 2.24 bits per heavy atom. The van der Waals surface area contributed by atoms with E-state index in [4.69, 9.17) is 16.3 Å². The number of rotatable bonds is 4. The van der Waals surface area contributed by atoms with Gasteiger partial charge in [-0.25, -0.2) is 4.79 Å². The molecule has 0 spiro atoms. The van der Waals surface area contributed by atoms with Crippen molar-refractivity contribution < 1.29 is 9.53 Å². The van der Waals surface area contributed by atoms with Gasteiger partial charge in [-0.1, -0.05) is 29.8 Å². The quantitative estimate of drug-likeness (QED) is 0.925. The number of amides is 2. The fraction of sp³-hybridized carbons (Fsp3) is 0.562. The van der Waals surface area contributed by atoms with E-state index in [1.54, 1.807) is 0 Å². The minimum Gasteiger partial charge on any atom is -0.374 e. The molecule has 1 unspecified atom stereocenters. The summed E-state index contributed by atoms with van der Waals surface area (Å²) in [6, 6.07) is 7.50. The van der Waals surface area contributed by atoms with Crippen LogP contribution in [0.1, 0.15) is 32.3 Å². The maximum atomic E-state index is 12.2. The van der Waals surface area contributed by atoms with Crippen LogP contribution in [0.3, 0.4) is 0 Å². The van der Waals surface area contributed by atoms with Gasteiger partial charge in [0.1, 0.15) is 0 Å². The molecule has 1 aromatic rings. The first-order valence-corrected chi connectivity index (χ1v) is 7.85. The zero-order valence-corrected chi connectivity index (χ0v) is 13.4. The van der Waals surface area contributed by atoms with Crippen molar-refractivity contribution >= 4 is 17.6 Å². The molecule has 1 saturated heterocycles. The van der Waals surface area contributed by atoms with Crippen LogP contribution in [-0.4, -0.2) is 36.2 Å². The SMILES string of the molecule is CC(C)OC1CCCN(C(=O)NCc2ccccc2Cl)C1. The second kappa shape index (κ2) is 7.66. The van der Waals surface area contributed by atoms with Gasteiger partial charge >= 0.3 is 6.03 Å². The zero-order chi connectivity index (χ0) is 15.2. The number of piperidine rings is 1. The average molecular weight is 311 g/mol. The largest absolute Gasteiger partial charge is 0.374 e. The molecule has 1 N–H and O–H groups in total. The Kier molecular flexibility index (Phi) is 5.88. The van der Waals surface area contributed by atoms with Crippen LogP contribution in [-0.2, 0) is 11.3 Å². The predicted octanol–water partition coefficient (Wildman–Crippen LogP) is 3.44. The Morgan fingerprint density at radius 1 is 1.48 bits per heavy atom. The van der Waals surface area contributed by atoms with E-state index in [1.807, 2.05) is 43.0 Å². The number of ether oxygens (including phenoxy) is 1. The van der Waals surface area contributed by atoms with Crippen LogP contribution >= 0.6 is 11.6 Å². The normalized spacial score (nSPS) is 18.9. The third kappa shape index (κ3) is 4.90. The molecular weight excluding hydrogens is 288 g/mol. The van der Waals surface area contributed by atoms with Crippen LogP contribution < -0.4 is 5.32 Å². The van der Waals surface area contributed by atoms with Gasteiger partial charge in [0.2, 0.25) is 0 Å². The number of benzene rings is 1. The molecule has 1 aliphatic rings. The monoisotopic (exact) mass is 310 g/mol. The van der Waals surface area contributed by atoms with Crippen LogP contribution in [0.2, 0.25) is 5.02 Å². The Morgan fingerprint density at radius 3 is 2.95 bits per heavy atom. The van der Waals surface area contributed by atoms with Crippen LogP contribution in [0.4, 0.5) is 4.79 Å². The molecule has 2 rings (SSSR count). The summed E-state index contributed by atoms with van der Waals surface area (Å²) < 4.78 is 5.81. The molecule has 0 bridgehead atoms. The molecular formula is C16H23ClN2O2. The van der Waals surface area contributed by atoms with Crippen molar-refractivity contribution in [3.63, 3.8) is 0 Å². The Balaban J connectivity index is 1.84. The maximum absolute atomic E-state index is 12.2. The van der Waals surface area contributed by atoms with Gasteiger partial charge in [-0.05, 0) is 38.3 Å².